The average molecular weight is 350 g/mol. The van der Waals surface area contributed by atoms with Gasteiger partial charge in [0.2, 0.25) is 0 Å². The predicted molar refractivity (Wildman–Crippen MR) is 105 cm³/mol. The van der Waals surface area contributed by atoms with Crippen molar-refractivity contribution < 1.29 is 4.74 Å². The molecule has 1 aliphatic carbocycles. The van der Waals surface area contributed by atoms with Gasteiger partial charge in [-0.05, 0) is 68.0 Å². The van der Waals surface area contributed by atoms with Gasteiger partial charge in [0.1, 0.15) is 10.8 Å². The largest absolute Gasteiger partial charge is 0.489 e. The summed E-state index contributed by atoms with van der Waals surface area (Å²) in [4.78, 5) is 5.87. The summed E-state index contributed by atoms with van der Waals surface area (Å²) in [6, 6.07) is 12.6. The first-order valence-electron chi connectivity index (χ1n) is 8.75. The fourth-order valence-corrected chi connectivity index (χ4v) is 4.39. The van der Waals surface area contributed by atoms with Gasteiger partial charge in [-0.1, -0.05) is 18.2 Å². The number of fused-ring (bicyclic) bond motifs is 1. The summed E-state index contributed by atoms with van der Waals surface area (Å²) >= 11 is 1.73. The van der Waals surface area contributed by atoms with E-state index in [1.807, 2.05) is 38.2 Å². The van der Waals surface area contributed by atoms with E-state index >= 15 is 0 Å². The Hall–Kier alpha value is -2.33. The van der Waals surface area contributed by atoms with Crippen LogP contribution in [0.5, 0.6) is 5.75 Å². The Morgan fingerprint density at radius 3 is 2.84 bits per heavy atom. The van der Waals surface area contributed by atoms with Crippen LogP contribution in [0.3, 0.4) is 0 Å². The van der Waals surface area contributed by atoms with E-state index in [4.69, 9.17) is 10.5 Å². The van der Waals surface area contributed by atoms with Crippen molar-refractivity contribution in [1.82, 2.24) is 4.98 Å². The van der Waals surface area contributed by atoms with Gasteiger partial charge in [0.25, 0.3) is 0 Å². The van der Waals surface area contributed by atoms with E-state index in [1.54, 1.807) is 11.3 Å². The lowest BCUT2D eigenvalue weighted by atomic mass is 10.0. The fraction of sp³-hybridized carbons (Fsp3) is 0.286. The third-order valence-corrected chi connectivity index (χ3v) is 5.62. The minimum Gasteiger partial charge on any atom is -0.489 e. The quantitative estimate of drug-likeness (QED) is 0.647. The van der Waals surface area contributed by atoms with Crippen molar-refractivity contribution >= 4 is 17.0 Å². The van der Waals surface area contributed by atoms with Crippen LogP contribution in [-0.4, -0.2) is 11.1 Å². The molecule has 0 atom stereocenters. The maximum absolute atomic E-state index is 6.15. The van der Waals surface area contributed by atoms with Gasteiger partial charge in [-0.3, -0.25) is 0 Å². The Bertz CT molecular complexity index is 914. The zero-order valence-corrected chi connectivity index (χ0v) is 15.4. The number of hydrogen-bond donors (Lipinski definition) is 1. The number of hydrogen-bond acceptors (Lipinski definition) is 4. The van der Waals surface area contributed by atoms with Crippen LogP contribution >= 0.6 is 11.3 Å². The summed E-state index contributed by atoms with van der Waals surface area (Å²) in [5, 5.41) is 0.994. The highest BCUT2D eigenvalue weighted by atomic mass is 32.1. The maximum Gasteiger partial charge on any atom is 0.142 e. The Morgan fingerprint density at radius 2 is 2.04 bits per heavy atom. The molecule has 3 nitrogen and oxygen atoms in total. The molecular weight excluding hydrogens is 328 g/mol. The zero-order chi connectivity index (χ0) is 17.4. The highest BCUT2D eigenvalue weighted by molar-refractivity contribution is 7.18. The number of aryl methyl sites for hydroxylation is 1. The average Bonchev–Trinajstić information content (AvgIpc) is 3.24. The van der Waals surface area contributed by atoms with Gasteiger partial charge in [-0.25, -0.2) is 4.98 Å². The van der Waals surface area contributed by atoms with E-state index in [0.29, 0.717) is 5.69 Å². The first-order valence-corrected chi connectivity index (χ1v) is 9.57. The molecule has 0 amide bonds. The van der Waals surface area contributed by atoms with Crippen LogP contribution in [0.15, 0.2) is 42.6 Å². The number of nitrogen functional groups attached to an aromatic ring is 1. The Labute approximate surface area is 152 Å². The van der Waals surface area contributed by atoms with Gasteiger partial charge < -0.3 is 10.5 Å². The molecule has 0 saturated heterocycles. The third-order valence-electron chi connectivity index (χ3n) is 4.54. The Kier molecular flexibility index (Phi) is 4.22. The lowest BCUT2D eigenvalue weighted by molar-refractivity contribution is 0.244. The van der Waals surface area contributed by atoms with E-state index in [0.717, 1.165) is 16.3 Å². The summed E-state index contributed by atoms with van der Waals surface area (Å²) in [5.41, 5.74) is 12.2. The van der Waals surface area contributed by atoms with E-state index in [9.17, 15) is 0 Å². The number of nitrogens with zero attached hydrogens (tertiary/aromatic N) is 1. The molecule has 4 heteroatoms. The van der Waals surface area contributed by atoms with Gasteiger partial charge in [0, 0.05) is 11.8 Å². The van der Waals surface area contributed by atoms with E-state index in [-0.39, 0.29) is 6.10 Å². The monoisotopic (exact) mass is 350 g/mol. The summed E-state index contributed by atoms with van der Waals surface area (Å²) in [5.74, 6) is 0.733. The molecule has 0 unspecified atom stereocenters. The molecule has 3 aromatic rings. The van der Waals surface area contributed by atoms with Crippen molar-refractivity contribution in [3.63, 3.8) is 0 Å². The van der Waals surface area contributed by atoms with Gasteiger partial charge in [-0.15, -0.1) is 11.3 Å². The van der Waals surface area contributed by atoms with Crippen molar-refractivity contribution in [3.05, 3.63) is 53.7 Å². The highest BCUT2D eigenvalue weighted by Crippen LogP contribution is 2.38. The zero-order valence-electron chi connectivity index (χ0n) is 14.6. The molecule has 1 aromatic heterocycles. The normalized spacial score (nSPS) is 13.2. The lowest BCUT2D eigenvalue weighted by Crippen LogP contribution is -2.07. The van der Waals surface area contributed by atoms with Crippen molar-refractivity contribution in [2.75, 3.05) is 5.73 Å². The Balaban J connectivity index is 1.66. The van der Waals surface area contributed by atoms with Crippen molar-refractivity contribution in [2.24, 2.45) is 0 Å². The molecule has 1 aliphatic rings. The van der Waals surface area contributed by atoms with Crippen molar-refractivity contribution in [1.29, 1.82) is 0 Å². The highest BCUT2D eigenvalue weighted by Gasteiger charge is 2.17. The number of thiazole rings is 1. The second-order valence-electron chi connectivity index (χ2n) is 6.75. The summed E-state index contributed by atoms with van der Waals surface area (Å²) in [6.45, 7) is 4.00. The second kappa shape index (κ2) is 6.52. The van der Waals surface area contributed by atoms with Gasteiger partial charge >= 0.3 is 0 Å². The molecule has 0 radical (unpaired) electrons. The van der Waals surface area contributed by atoms with Crippen molar-refractivity contribution in [3.8, 4) is 26.8 Å². The molecule has 0 spiro atoms. The number of anilines is 1. The predicted octanol–water partition coefficient (Wildman–Crippen LogP) is 5.34. The number of ether oxygens (including phenoxy) is 1. The lowest BCUT2D eigenvalue weighted by Gasteiger charge is -2.12. The maximum atomic E-state index is 6.15. The number of benzene rings is 2. The smallest absolute Gasteiger partial charge is 0.142 e. The summed E-state index contributed by atoms with van der Waals surface area (Å²) < 4.78 is 5.72. The molecule has 25 heavy (non-hydrogen) atoms. The van der Waals surface area contributed by atoms with Gasteiger partial charge in [-0.2, -0.15) is 0 Å². The summed E-state index contributed by atoms with van der Waals surface area (Å²) in [7, 11) is 0. The number of nitrogens with two attached hydrogens (primary N) is 1. The molecule has 1 heterocycles. The van der Waals surface area contributed by atoms with Crippen LogP contribution in [0, 0.1) is 0 Å². The minimum atomic E-state index is 0.111. The van der Waals surface area contributed by atoms with Gasteiger partial charge in [0.05, 0.1) is 16.7 Å². The molecule has 0 saturated carbocycles. The topological polar surface area (TPSA) is 48.1 Å². The molecule has 2 aromatic carbocycles. The standard InChI is InChI=1S/C21H22N2OS/c1-13(2)24-19-10-9-15(11-18(19)22)21-23-12-20(25-21)17-8-4-6-14-5-3-7-16(14)17/h4,6,8-13H,3,5,7,22H2,1-2H3. The van der Waals surface area contributed by atoms with Gasteiger partial charge in [0.15, 0.2) is 0 Å². The first kappa shape index (κ1) is 16.2. The molecule has 4 rings (SSSR count). The second-order valence-corrected chi connectivity index (χ2v) is 7.78. The molecule has 0 aliphatic heterocycles. The third kappa shape index (κ3) is 3.14. The molecule has 0 fully saturated rings. The SMILES string of the molecule is CC(C)Oc1ccc(-c2ncc(-c3cccc4c3CCC4)s2)cc1N. The van der Waals surface area contributed by atoms with Crippen LogP contribution in [0.4, 0.5) is 5.69 Å². The van der Waals surface area contributed by atoms with Crippen LogP contribution in [0.25, 0.3) is 21.0 Å². The number of rotatable bonds is 4. The van der Waals surface area contributed by atoms with Crippen LogP contribution in [-0.2, 0) is 12.8 Å². The fourth-order valence-electron chi connectivity index (χ4n) is 3.43. The van der Waals surface area contributed by atoms with E-state index < -0.39 is 0 Å². The van der Waals surface area contributed by atoms with E-state index in [2.05, 4.69) is 23.2 Å². The molecule has 2 N–H and O–H groups in total. The molecule has 128 valence electrons. The molecule has 0 bridgehead atoms. The summed E-state index contributed by atoms with van der Waals surface area (Å²) in [6.07, 6.45) is 5.73. The number of aromatic nitrogens is 1. The minimum absolute atomic E-state index is 0.111. The Morgan fingerprint density at radius 1 is 1.16 bits per heavy atom. The van der Waals surface area contributed by atoms with Crippen LogP contribution in [0.2, 0.25) is 0 Å². The molecular formula is C21H22N2OS. The van der Waals surface area contributed by atoms with E-state index in [1.165, 1.54) is 40.8 Å². The first-order chi connectivity index (χ1) is 12.1. The van der Waals surface area contributed by atoms with Crippen molar-refractivity contribution in [2.45, 2.75) is 39.2 Å². The van der Waals surface area contributed by atoms with Crippen LogP contribution in [0.1, 0.15) is 31.4 Å². The van der Waals surface area contributed by atoms with Crippen LogP contribution < -0.4 is 10.5 Å².